The van der Waals surface area contributed by atoms with Gasteiger partial charge >= 0.3 is 0 Å². The van der Waals surface area contributed by atoms with Crippen LogP contribution in [0.4, 0.5) is 0 Å². The van der Waals surface area contributed by atoms with Crippen LogP contribution in [0.25, 0.3) is 0 Å². The van der Waals surface area contributed by atoms with Gasteiger partial charge in [0.1, 0.15) is 6.61 Å². The van der Waals surface area contributed by atoms with Crippen molar-refractivity contribution in [2.75, 3.05) is 19.8 Å². The molecule has 2 rings (SSSR count). The third-order valence-corrected chi connectivity index (χ3v) is 2.67. The fraction of sp³-hybridized carbons (Fsp3) is 0.846. The van der Waals surface area contributed by atoms with Crippen LogP contribution in [0.3, 0.4) is 0 Å². The number of ether oxygens (including phenoxy) is 3. The molecule has 2 fully saturated rings. The van der Waals surface area contributed by atoms with E-state index in [2.05, 4.69) is 6.42 Å². The Morgan fingerprint density at radius 3 is 1.82 bits per heavy atom. The number of rotatable bonds is 2. The third kappa shape index (κ3) is 6.64. The summed E-state index contributed by atoms with van der Waals surface area (Å²) < 4.78 is 16.6. The zero-order valence-electron chi connectivity index (χ0n) is 10.3. The van der Waals surface area contributed by atoms with E-state index in [1.165, 1.54) is 25.7 Å². The van der Waals surface area contributed by atoms with E-state index in [1.807, 2.05) is 5.92 Å². The summed E-state index contributed by atoms with van der Waals surface area (Å²) in [5.41, 5.74) is 0. The van der Waals surface area contributed by atoms with Crippen molar-refractivity contribution in [3.05, 3.63) is 0 Å². The van der Waals surface area contributed by atoms with Gasteiger partial charge in [0.05, 0.1) is 0 Å². The lowest BCUT2D eigenvalue weighted by Crippen LogP contribution is -2.31. The molecule has 2 saturated heterocycles. The lowest BCUT2D eigenvalue weighted by molar-refractivity contribution is -0.264. The molecule has 0 saturated carbocycles. The van der Waals surface area contributed by atoms with Crippen LogP contribution in [0.5, 0.6) is 0 Å². The molecule has 0 bridgehead atoms. The summed E-state index contributed by atoms with van der Waals surface area (Å²) in [4.78, 5) is 0. The standard InChI is InChI=1S/C10H18O3.C3H4O/c1-3-7-11-9(5-1)13-10-6-2-4-8-12-10;1-2-3-4/h9-10H,1-8H2;1,4H,3H2. The first-order valence-corrected chi connectivity index (χ1v) is 6.30. The van der Waals surface area contributed by atoms with Gasteiger partial charge in [0.15, 0.2) is 12.6 Å². The van der Waals surface area contributed by atoms with Gasteiger partial charge in [-0.2, -0.15) is 0 Å². The molecule has 1 N–H and O–H groups in total. The predicted octanol–water partition coefficient (Wildman–Crippen LogP) is 1.67. The normalized spacial score (nSPS) is 28.7. The number of aliphatic hydroxyl groups excluding tert-OH is 1. The summed E-state index contributed by atoms with van der Waals surface area (Å²) in [7, 11) is 0. The third-order valence-electron chi connectivity index (χ3n) is 2.67. The van der Waals surface area contributed by atoms with Crippen LogP contribution in [0.1, 0.15) is 38.5 Å². The van der Waals surface area contributed by atoms with Gasteiger partial charge in [0.25, 0.3) is 0 Å². The smallest absolute Gasteiger partial charge is 0.160 e. The molecule has 0 radical (unpaired) electrons. The molecule has 0 aliphatic carbocycles. The number of aliphatic hydroxyl groups is 1. The first-order chi connectivity index (χ1) is 8.36. The van der Waals surface area contributed by atoms with E-state index in [0.717, 1.165) is 26.1 Å². The molecule has 98 valence electrons. The molecular weight excluding hydrogens is 220 g/mol. The Labute approximate surface area is 103 Å². The van der Waals surface area contributed by atoms with Crippen molar-refractivity contribution in [1.29, 1.82) is 0 Å². The van der Waals surface area contributed by atoms with Crippen molar-refractivity contribution in [1.82, 2.24) is 0 Å². The second-order valence-electron chi connectivity index (χ2n) is 4.09. The molecule has 2 aliphatic rings. The fourth-order valence-electron chi connectivity index (χ4n) is 1.81. The Morgan fingerprint density at radius 2 is 1.53 bits per heavy atom. The average Bonchev–Trinajstić information content (AvgIpc) is 2.41. The Kier molecular flexibility index (Phi) is 8.02. The van der Waals surface area contributed by atoms with Gasteiger partial charge in [-0.25, -0.2) is 0 Å². The Morgan fingerprint density at radius 1 is 1.06 bits per heavy atom. The molecule has 0 amide bonds. The van der Waals surface area contributed by atoms with Crippen LogP contribution in [-0.4, -0.2) is 37.5 Å². The summed E-state index contributed by atoms with van der Waals surface area (Å²) in [6.07, 6.45) is 11.4. The van der Waals surface area contributed by atoms with Crippen molar-refractivity contribution >= 4 is 0 Å². The van der Waals surface area contributed by atoms with E-state index < -0.39 is 0 Å². The number of terminal acetylenes is 1. The predicted molar refractivity (Wildman–Crippen MR) is 64.2 cm³/mol. The van der Waals surface area contributed by atoms with E-state index in [1.54, 1.807) is 0 Å². The Hall–Kier alpha value is -0.600. The van der Waals surface area contributed by atoms with Crippen molar-refractivity contribution in [3.63, 3.8) is 0 Å². The molecule has 0 spiro atoms. The minimum Gasteiger partial charge on any atom is -0.384 e. The quantitative estimate of drug-likeness (QED) is 0.748. The van der Waals surface area contributed by atoms with Gasteiger partial charge in [0, 0.05) is 13.2 Å². The monoisotopic (exact) mass is 242 g/mol. The van der Waals surface area contributed by atoms with Crippen molar-refractivity contribution < 1.29 is 19.3 Å². The summed E-state index contributed by atoms with van der Waals surface area (Å²) in [6.45, 7) is 1.54. The SMILES string of the molecule is C#CCO.C1CCC(OC2CCCCO2)OC1. The molecule has 2 unspecified atom stereocenters. The van der Waals surface area contributed by atoms with Crippen molar-refractivity contribution in [2.24, 2.45) is 0 Å². The highest BCUT2D eigenvalue weighted by atomic mass is 16.8. The second kappa shape index (κ2) is 9.43. The van der Waals surface area contributed by atoms with Gasteiger partial charge in [-0.1, -0.05) is 5.92 Å². The first-order valence-electron chi connectivity index (χ1n) is 6.30. The molecular formula is C13H22O4. The maximum atomic E-state index is 7.64. The second-order valence-corrected chi connectivity index (χ2v) is 4.09. The minimum absolute atomic E-state index is 0.00292. The van der Waals surface area contributed by atoms with E-state index in [0.29, 0.717) is 0 Å². The van der Waals surface area contributed by atoms with Crippen LogP contribution in [0.15, 0.2) is 0 Å². The van der Waals surface area contributed by atoms with Crippen LogP contribution >= 0.6 is 0 Å². The van der Waals surface area contributed by atoms with Crippen LogP contribution in [0, 0.1) is 12.3 Å². The number of hydrogen-bond acceptors (Lipinski definition) is 4. The van der Waals surface area contributed by atoms with E-state index in [-0.39, 0.29) is 19.2 Å². The highest BCUT2D eigenvalue weighted by molar-refractivity contribution is 4.81. The van der Waals surface area contributed by atoms with E-state index in [4.69, 9.17) is 19.3 Å². The van der Waals surface area contributed by atoms with Crippen LogP contribution in [-0.2, 0) is 14.2 Å². The summed E-state index contributed by atoms with van der Waals surface area (Å²) in [5.74, 6) is 1.99. The average molecular weight is 242 g/mol. The molecule has 4 nitrogen and oxygen atoms in total. The molecule has 2 atom stereocenters. The first kappa shape index (κ1) is 14.5. The summed E-state index contributed by atoms with van der Waals surface area (Å²) in [6, 6.07) is 0. The minimum atomic E-state index is -0.153. The molecule has 0 aromatic carbocycles. The van der Waals surface area contributed by atoms with Crippen molar-refractivity contribution in [3.8, 4) is 12.3 Å². The summed E-state index contributed by atoms with van der Waals surface area (Å²) >= 11 is 0. The molecule has 0 aromatic heterocycles. The highest BCUT2D eigenvalue weighted by Gasteiger charge is 2.21. The van der Waals surface area contributed by atoms with Gasteiger partial charge in [-0.05, 0) is 38.5 Å². The summed E-state index contributed by atoms with van der Waals surface area (Å²) in [5, 5.41) is 7.64. The zero-order chi connectivity index (χ0) is 12.3. The van der Waals surface area contributed by atoms with Crippen LogP contribution < -0.4 is 0 Å². The topological polar surface area (TPSA) is 47.9 Å². The van der Waals surface area contributed by atoms with Gasteiger partial charge < -0.3 is 19.3 Å². The Bertz CT molecular complexity index is 196. The lowest BCUT2D eigenvalue weighted by Gasteiger charge is -2.29. The van der Waals surface area contributed by atoms with Crippen molar-refractivity contribution in [2.45, 2.75) is 51.1 Å². The molecule has 17 heavy (non-hydrogen) atoms. The molecule has 2 aliphatic heterocycles. The van der Waals surface area contributed by atoms with E-state index in [9.17, 15) is 0 Å². The lowest BCUT2D eigenvalue weighted by atomic mass is 10.2. The highest BCUT2D eigenvalue weighted by Crippen LogP contribution is 2.20. The largest absolute Gasteiger partial charge is 0.384 e. The van der Waals surface area contributed by atoms with Gasteiger partial charge in [-0.15, -0.1) is 6.42 Å². The Balaban J connectivity index is 0.000000317. The number of hydrogen-bond donors (Lipinski definition) is 1. The maximum absolute atomic E-state index is 7.64. The van der Waals surface area contributed by atoms with E-state index >= 15 is 0 Å². The maximum Gasteiger partial charge on any atom is 0.160 e. The van der Waals surface area contributed by atoms with Crippen LogP contribution in [0.2, 0.25) is 0 Å². The molecule has 2 heterocycles. The fourth-order valence-corrected chi connectivity index (χ4v) is 1.81. The molecule has 4 heteroatoms. The van der Waals surface area contributed by atoms with Gasteiger partial charge in [0.2, 0.25) is 0 Å². The van der Waals surface area contributed by atoms with Gasteiger partial charge in [-0.3, -0.25) is 0 Å². The molecule has 0 aromatic rings. The zero-order valence-corrected chi connectivity index (χ0v) is 10.3.